The Bertz CT molecular complexity index is 898. The number of aliphatic hydroxyl groups is 1. The Morgan fingerprint density at radius 1 is 1.30 bits per heavy atom. The predicted octanol–water partition coefficient (Wildman–Crippen LogP) is 1.95. The van der Waals surface area contributed by atoms with E-state index in [1.165, 1.54) is 19.5 Å². The standard InChI is InChI=1S/C19H19FN4O3/c1-27-18-3-2-12(8-22-18)13-4-14(6-15(20)5-13)19(26)24-17(10-25)7-16-9-21-11-23-16/h2-6,8-9,11,17,25H,7,10H2,1H3,(H,21,23)(H,24,26)/t17-/m0/s1. The lowest BCUT2D eigenvalue weighted by atomic mass is 10.0. The van der Waals surface area contributed by atoms with Gasteiger partial charge < -0.3 is 20.1 Å². The Morgan fingerprint density at radius 3 is 2.78 bits per heavy atom. The maximum absolute atomic E-state index is 14.1. The fourth-order valence-electron chi connectivity index (χ4n) is 2.65. The monoisotopic (exact) mass is 370 g/mol. The van der Waals surface area contributed by atoms with Crippen molar-refractivity contribution < 1.29 is 19.0 Å². The lowest BCUT2D eigenvalue weighted by Crippen LogP contribution is -2.39. The number of nitrogens with one attached hydrogen (secondary N) is 2. The molecule has 3 aromatic rings. The van der Waals surface area contributed by atoms with Crippen LogP contribution in [-0.2, 0) is 6.42 Å². The van der Waals surface area contributed by atoms with Gasteiger partial charge in [0.05, 0.1) is 26.1 Å². The van der Waals surface area contributed by atoms with Crippen LogP contribution in [0.25, 0.3) is 11.1 Å². The van der Waals surface area contributed by atoms with E-state index in [1.54, 1.807) is 30.6 Å². The number of amides is 1. The highest BCUT2D eigenvalue weighted by Crippen LogP contribution is 2.23. The number of pyridine rings is 1. The minimum atomic E-state index is -0.539. The molecule has 0 aliphatic carbocycles. The van der Waals surface area contributed by atoms with Crippen LogP contribution in [0.4, 0.5) is 4.39 Å². The molecule has 0 aliphatic heterocycles. The summed E-state index contributed by atoms with van der Waals surface area (Å²) in [5, 5.41) is 12.2. The van der Waals surface area contributed by atoms with Gasteiger partial charge in [-0.3, -0.25) is 4.79 Å². The summed E-state index contributed by atoms with van der Waals surface area (Å²) in [5.74, 6) is -0.573. The number of aromatic amines is 1. The van der Waals surface area contributed by atoms with Gasteiger partial charge >= 0.3 is 0 Å². The molecule has 7 nitrogen and oxygen atoms in total. The molecule has 0 saturated heterocycles. The third-order valence-corrected chi connectivity index (χ3v) is 4.02. The van der Waals surface area contributed by atoms with Crippen molar-refractivity contribution >= 4 is 5.91 Å². The van der Waals surface area contributed by atoms with Gasteiger partial charge in [-0.05, 0) is 29.8 Å². The molecule has 1 amide bonds. The summed E-state index contributed by atoms with van der Waals surface area (Å²) in [4.78, 5) is 23.4. The molecule has 0 radical (unpaired) electrons. The Hall–Kier alpha value is -3.26. The summed E-state index contributed by atoms with van der Waals surface area (Å²) in [6.45, 7) is -0.255. The van der Waals surface area contributed by atoms with Crippen LogP contribution >= 0.6 is 0 Å². The van der Waals surface area contributed by atoms with E-state index in [0.717, 1.165) is 11.8 Å². The average molecular weight is 370 g/mol. The summed E-state index contributed by atoms with van der Waals surface area (Å²) < 4.78 is 19.1. The van der Waals surface area contributed by atoms with Crippen LogP contribution in [0.3, 0.4) is 0 Å². The van der Waals surface area contributed by atoms with Gasteiger partial charge in [-0.2, -0.15) is 0 Å². The normalized spacial score (nSPS) is 11.8. The number of rotatable bonds is 7. The molecule has 0 saturated carbocycles. The van der Waals surface area contributed by atoms with Crippen molar-refractivity contribution in [3.05, 3.63) is 66.1 Å². The topological polar surface area (TPSA) is 100 Å². The molecule has 3 N–H and O–H groups in total. The first-order chi connectivity index (χ1) is 13.1. The molecule has 8 heteroatoms. The number of ether oxygens (including phenoxy) is 1. The van der Waals surface area contributed by atoms with Crippen molar-refractivity contribution in [2.45, 2.75) is 12.5 Å². The van der Waals surface area contributed by atoms with Crippen LogP contribution in [0.5, 0.6) is 5.88 Å². The van der Waals surface area contributed by atoms with Crippen LogP contribution < -0.4 is 10.1 Å². The van der Waals surface area contributed by atoms with Gasteiger partial charge in [-0.25, -0.2) is 14.4 Å². The highest BCUT2D eigenvalue weighted by molar-refractivity contribution is 5.95. The number of carbonyl (C=O) groups is 1. The number of aromatic nitrogens is 3. The van der Waals surface area contributed by atoms with Gasteiger partial charge in [-0.1, -0.05) is 0 Å². The summed E-state index contributed by atoms with van der Waals surface area (Å²) >= 11 is 0. The third-order valence-electron chi connectivity index (χ3n) is 4.02. The molecule has 0 spiro atoms. The molecule has 2 heterocycles. The van der Waals surface area contributed by atoms with E-state index in [1.807, 2.05) is 0 Å². The van der Waals surface area contributed by atoms with Crippen molar-refractivity contribution in [3.63, 3.8) is 0 Å². The Kier molecular flexibility index (Phi) is 5.77. The second-order valence-electron chi connectivity index (χ2n) is 5.95. The van der Waals surface area contributed by atoms with Gasteiger partial charge in [0.15, 0.2) is 0 Å². The lowest BCUT2D eigenvalue weighted by Gasteiger charge is -2.16. The van der Waals surface area contributed by atoms with Crippen molar-refractivity contribution in [2.75, 3.05) is 13.7 Å². The van der Waals surface area contributed by atoms with E-state index in [-0.39, 0.29) is 12.2 Å². The van der Waals surface area contributed by atoms with E-state index < -0.39 is 17.8 Å². The van der Waals surface area contributed by atoms with Crippen molar-refractivity contribution in [1.29, 1.82) is 0 Å². The first kappa shape index (κ1) is 18.5. The maximum atomic E-state index is 14.1. The molecular weight excluding hydrogens is 351 g/mol. The zero-order valence-electron chi connectivity index (χ0n) is 14.6. The Morgan fingerprint density at radius 2 is 2.15 bits per heavy atom. The van der Waals surface area contributed by atoms with Crippen LogP contribution in [-0.4, -0.2) is 45.7 Å². The fraction of sp³-hybridized carbons (Fsp3) is 0.211. The second-order valence-corrected chi connectivity index (χ2v) is 5.95. The predicted molar refractivity (Wildman–Crippen MR) is 96.8 cm³/mol. The summed E-state index contributed by atoms with van der Waals surface area (Å²) in [6.07, 6.45) is 5.07. The maximum Gasteiger partial charge on any atom is 0.251 e. The average Bonchev–Trinajstić information content (AvgIpc) is 3.20. The number of halogens is 1. The molecule has 27 heavy (non-hydrogen) atoms. The number of benzene rings is 1. The smallest absolute Gasteiger partial charge is 0.251 e. The molecule has 0 aliphatic rings. The minimum Gasteiger partial charge on any atom is -0.481 e. The molecule has 0 bridgehead atoms. The first-order valence-electron chi connectivity index (χ1n) is 8.29. The third kappa shape index (κ3) is 4.68. The van der Waals surface area contributed by atoms with E-state index in [9.17, 15) is 14.3 Å². The summed E-state index contributed by atoms with van der Waals surface area (Å²) in [5.41, 5.74) is 2.10. The molecule has 0 fully saturated rings. The number of methoxy groups -OCH3 is 1. The fourth-order valence-corrected chi connectivity index (χ4v) is 2.65. The van der Waals surface area contributed by atoms with Crippen LogP contribution in [0.1, 0.15) is 16.1 Å². The quantitative estimate of drug-likeness (QED) is 0.590. The van der Waals surface area contributed by atoms with Crippen molar-refractivity contribution in [2.24, 2.45) is 0 Å². The first-order valence-corrected chi connectivity index (χ1v) is 8.29. The van der Waals surface area contributed by atoms with Crippen LogP contribution in [0.15, 0.2) is 49.1 Å². The number of aliphatic hydroxyl groups excluding tert-OH is 1. The van der Waals surface area contributed by atoms with Gasteiger partial charge in [-0.15, -0.1) is 0 Å². The SMILES string of the molecule is COc1ccc(-c2cc(F)cc(C(=O)N[C@H](CO)Cc3cnc[nH]3)c2)cn1. The van der Waals surface area contributed by atoms with E-state index >= 15 is 0 Å². The van der Waals surface area contributed by atoms with E-state index in [4.69, 9.17) is 4.74 Å². The number of H-pyrrole nitrogens is 1. The number of hydrogen-bond acceptors (Lipinski definition) is 5. The zero-order valence-corrected chi connectivity index (χ0v) is 14.6. The van der Waals surface area contributed by atoms with Crippen molar-refractivity contribution in [1.82, 2.24) is 20.3 Å². The number of nitrogens with zero attached hydrogens (tertiary/aromatic N) is 2. The Balaban J connectivity index is 1.78. The van der Waals surface area contributed by atoms with Crippen LogP contribution in [0, 0.1) is 5.82 Å². The van der Waals surface area contributed by atoms with Gasteiger partial charge in [0.25, 0.3) is 5.91 Å². The molecule has 1 aromatic carbocycles. The molecule has 1 atom stereocenters. The summed E-state index contributed by atoms with van der Waals surface area (Å²) in [7, 11) is 1.51. The molecule has 3 rings (SSSR count). The van der Waals surface area contributed by atoms with E-state index in [0.29, 0.717) is 23.4 Å². The molecular formula is C19H19FN4O3. The zero-order chi connectivity index (χ0) is 19.2. The Labute approximate surface area is 155 Å². The number of carbonyl (C=O) groups excluding carboxylic acids is 1. The van der Waals surface area contributed by atoms with Crippen LogP contribution in [0.2, 0.25) is 0 Å². The highest BCUT2D eigenvalue weighted by atomic mass is 19.1. The highest BCUT2D eigenvalue weighted by Gasteiger charge is 2.16. The van der Waals surface area contributed by atoms with E-state index in [2.05, 4.69) is 20.3 Å². The molecule has 2 aromatic heterocycles. The minimum absolute atomic E-state index is 0.156. The van der Waals surface area contributed by atoms with Gasteiger partial charge in [0.1, 0.15) is 5.82 Å². The lowest BCUT2D eigenvalue weighted by molar-refractivity contribution is 0.0916. The van der Waals surface area contributed by atoms with Gasteiger partial charge in [0.2, 0.25) is 5.88 Å². The van der Waals surface area contributed by atoms with Gasteiger partial charge in [0, 0.05) is 41.7 Å². The largest absolute Gasteiger partial charge is 0.481 e. The molecule has 0 unspecified atom stereocenters. The molecule has 140 valence electrons. The second kappa shape index (κ2) is 8.41. The summed E-state index contributed by atoms with van der Waals surface area (Å²) in [6, 6.07) is 6.93. The van der Waals surface area contributed by atoms with Crippen molar-refractivity contribution in [3.8, 4) is 17.0 Å². The number of imidazole rings is 1. The number of hydrogen-bond donors (Lipinski definition) is 3.